The zero-order chi connectivity index (χ0) is 10.6. The number of carbonyl (C=O) groups is 1. The van der Waals surface area contributed by atoms with E-state index in [0.717, 1.165) is 6.08 Å². The van der Waals surface area contributed by atoms with Gasteiger partial charge in [-0.3, -0.25) is 0 Å². The summed E-state index contributed by atoms with van der Waals surface area (Å²) >= 11 is 0. The molecule has 1 aromatic carbocycles. The van der Waals surface area contributed by atoms with Gasteiger partial charge in [0, 0.05) is 12.3 Å². The number of aliphatic carboxylic acids is 1. The molecule has 0 unspecified atom stereocenters. The van der Waals surface area contributed by atoms with Crippen LogP contribution in [0.3, 0.4) is 0 Å². The minimum atomic E-state index is -1.08. The number of anilines is 1. The van der Waals surface area contributed by atoms with Crippen molar-refractivity contribution in [1.82, 2.24) is 0 Å². The Balaban J connectivity index is 2.77. The van der Waals surface area contributed by atoms with E-state index in [1.165, 1.54) is 12.3 Å². The lowest BCUT2D eigenvalue weighted by molar-refractivity contribution is -0.131. The largest absolute Gasteiger partial charge is 0.478 e. The number of rotatable bonds is 3. The molecular formula is C10H10FNO2. The standard InChI is InChI=1S/C10H10FNO2/c1-7-3-2-4-8(10(7)11)12-6-5-9(13)14/h2-6,12H,1H3,(H,13,14)/b6-5+. The molecule has 0 radical (unpaired) electrons. The molecule has 74 valence electrons. The maximum atomic E-state index is 13.3. The monoisotopic (exact) mass is 195 g/mol. The Morgan fingerprint density at radius 3 is 2.93 bits per heavy atom. The fourth-order valence-electron chi connectivity index (χ4n) is 0.962. The van der Waals surface area contributed by atoms with Crippen molar-refractivity contribution in [2.24, 2.45) is 0 Å². The van der Waals surface area contributed by atoms with Crippen LogP contribution in [-0.2, 0) is 4.79 Å². The van der Waals surface area contributed by atoms with Gasteiger partial charge < -0.3 is 10.4 Å². The fourth-order valence-corrected chi connectivity index (χ4v) is 0.962. The summed E-state index contributed by atoms with van der Waals surface area (Å²) in [7, 11) is 0. The molecule has 2 N–H and O–H groups in total. The smallest absolute Gasteiger partial charge is 0.329 e. The summed E-state index contributed by atoms with van der Waals surface area (Å²) in [4.78, 5) is 10.1. The first kappa shape index (κ1) is 10.2. The molecule has 0 aliphatic rings. The van der Waals surface area contributed by atoms with Gasteiger partial charge in [-0.15, -0.1) is 0 Å². The van der Waals surface area contributed by atoms with Crippen LogP contribution in [-0.4, -0.2) is 11.1 Å². The number of hydrogen-bond donors (Lipinski definition) is 2. The highest BCUT2D eigenvalue weighted by Crippen LogP contribution is 2.16. The van der Waals surface area contributed by atoms with Crippen LogP contribution in [0.4, 0.5) is 10.1 Å². The number of hydrogen-bond acceptors (Lipinski definition) is 2. The molecule has 0 fully saturated rings. The van der Waals surface area contributed by atoms with E-state index in [9.17, 15) is 9.18 Å². The minimum Gasteiger partial charge on any atom is -0.478 e. The van der Waals surface area contributed by atoms with Gasteiger partial charge in [-0.1, -0.05) is 12.1 Å². The molecule has 0 amide bonds. The van der Waals surface area contributed by atoms with E-state index in [1.54, 1.807) is 19.1 Å². The second kappa shape index (κ2) is 4.41. The number of halogens is 1. The Labute approximate surface area is 80.9 Å². The lowest BCUT2D eigenvalue weighted by Crippen LogP contribution is -1.95. The lowest BCUT2D eigenvalue weighted by Gasteiger charge is -2.03. The van der Waals surface area contributed by atoms with E-state index >= 15 is 0 Å². The Bertz CT molecular complexity index is 374. The van der Waals surface area contributed by atoms with Crippen molar-refractivity contribution in [1.29, 1.82) is 0 Å². The van der Waals surface area contributed by atoms with Crippen molar-refractivity contribution in [3.63, 3.8) is 0 Å². The van der Waals surface area contributed by atoms with Crippen LogP contribution in [0.2, 0.25) is 0 Å². The van der Waals surface area contributed by atoms with Crippen molar-refractivity contribution in [2.45, 2.75) is 6.92 Å². The van der Waals surface area contributed by atoms with Gasteiger partial charge in [0.15, 0.2) is 0 Å². The van der Waals surface area contributed by atoms with Crippen LogP contribution >= 0.6 is 0 Å². The zero-order valence-corrected chi connectivity index (χ0v) is 7.62. The highest BCUT2D eigenvalue weighted by atomic mass is 19.1. The van der Waals surface area contributed by atoms with E-state index in [4.69, 9.17) is 5.11 Å². The van der Waals surface area contributed by atoms with Gasteiger partial charge in [0.05, 0.1) is 5.69 Å². The van der Waals surface area contributed by atoms with Crippen LogP contribution in [0.1, 0.15) is 5.56 Å². The van der Waals surface area contributed by atoms with Gasteiger partial charge in [0.25, 0.3) is 0 Å². The molecule has 3 nitrogen and oxygen atoms in total. The summed E-state index contributed by atoms with van der Waals surface area (Å²) in [6.07, 6.45) is 2.09. The second-order valence-electron chi connectivity index (χ2n) is 2.75. The van der Waals surface area contributed by atoms with Gasteiger partial charge in [-0.05, 0) is 18.6 Å². The molecule has 0 aromatic heterocycles. The average Bonchev–Trinajstić information content (AvgIpc) is 2.12. The molecule has 1 rings (SSSR count). The first-order valence-corrected chi connectivity index (χ1v) is 4.02. The van der Waals surface area contributed by atoms with Crippen LogP contribution in [0, 0.1) is 12.7 Å². The Morgan fingerprint density at radius 1 is 1.57 bits per heavy atom. The minimum absolute atomic E-state index is 0.266. The summed E-state index contributed by atoms with van der Waals surface area (Å²) in [5.41, 5.74) is 0.779. The molecular weight excluding hydrogens is 185 g/mol. The molecule has 0 heterocycles. The Kier molecular flexibility index (Phi) is 3.23. The summed E-state index contributed by atoms with van der Waals surface area (Å²) in [5.74, 6) is -1.45. The van der Waals surface area contributed by atoms with Gasteiger partial charge in [-0.25, -0.2) is 9.18 Å². The number of aryl methyl sites for hydroxylation is 1. The average molecular weight is 195 g/mol. The van der Waals surface area contributed by atoms with Gasteiger partial charge >= 0.3 is 5.97 Å². The van der Waals surface area contributed by atoms with Gasteiger partial charge in [-0.2, -0.15) is 0 Å². The quantitative estimate of drug-likeness (QED) is 0.726. The van der Waals surface area contributed by atoms with Crippen molar-refractivity contribution in [2.75, 3.05) is 5.32 Å². The topological polar surface area (TPSA) is 49.3 Å². The number of nitrogens with one attached hydrogen (secondary N) is 1. The maximum Gasteiger partial charge on any atom is 0.329 e. The predicted molar refractivity (Wildman–Crippen MR) is 51.5 cm³/mol. The normalized spacial score (nSPS) is 10.4. The van der Waals surface area contributed by atoms with Crippen molar-refractivity contribution in [3.05, 3.63) is 41.9 Å². The Hall–Kier alpha value is -1.84. The van der Waals surface area contributed by atoms with E-state index in [2.05, 4.69) is 5.32 Å². The molecule has 0 aliphatic carbocycles. The second-order valence-corrected chi connectivity index (χ2v) is 2.75. The number of benzene rings is 1. The zero-order valence-electron chi connectivity index (χ0n) is 7.62. The van der Waals surface area contributed by atoms with E-state index in [1.807, 2.05) is 0 Å². The number of carboxylic acids is 1. The third-order valence-electron chi connectivity index (χ3n) is 1.66. The van der Waals surface area contributed by atoms with Crippen LogP contribution in [0.15, 0.2) is 30.5 Å². The summed E-state index contributed by atoms with van der Waals surface area (Å²) < 4.78 is 13.3. The third kappa shape index (κ3) is 2.58. The van der Waals surface area contributed by atoms with Crippen LogP contribution in [0.25, 0.3) is 0 Å². The molecule has 0 saturated carbocycles. The third-order valence-corrected chi connectivity index (χ3v) is 1.66. The molecule has 0 spiro atoms. The summed E-state index contributed by atoms with van der Waals surface area (Å²) in [6.45, 7) is 1.64. The molecule has 0 atom stereocenters. The van der Waals surface area contributed by atoms with Gasteiger partial charge in [0.2, 0.25) is 0 Å². The highest BCUT2D eigenvalue weighted by molar-refractivity contribution is 5.80. The van der Waals surface area contributed by atoms with E-state index in [-0.39, 0.29) is 11.5 Å². The van der Waals surface area contributed by atoms with Crippen LogP contribution in [0.5, 0.6) is 0 Å². The molecule has 0 bridgehead atoms. The van der Waals surface area contributed by atoms with Crippen LogP contribution < -0.4 is 5.32 Å². The SMILES string of the molecule is Cc1cccc(N/C=C/C(=O)O)c1F. The van der Waals surface area contributed by atoms with E-state index < -0.39 is 5.97 Å². The molecule has 14 heavy (non-hydrogen) atoms. The molecule has 1 aromatic rings. The lowest BCUT2D eigenvalue weighted by atomic mass is 10.2. The fraction of sp³-hybridized carbons (Fsp3) is 0.100. The summed E-state index contributed by atoms with van der Waals surface area (Å²) in [6, 6.07) is 4.87. The van der Waals surface area contributed by atoms with E-state index in [0.29, 0.717) is 5.56 Å². The Morgan fingerprint density at radius 2 is 2.29 bits per heavy atom. The predicted octanol–water partition coefficient (Wildman–Crippen LogP) is 2.14. The van der Waals surface area contributed by atoms with Crippen molar-refractivity contribution < 1.29 is 14.3 Å². The molecule has 0 aliphatic heterocycles. The molecule has 4 heteroatoms. The number of carboxylic acid groups (broad SMARTS) is 1. The first-order chi connectivity index (χ1) is 6.61. The molecule has 0 saturated heterocycles. The van der Waals surface area contributed by atoms with Crippen molar-refractivity contribution >= 4 is 11.7 Å². The van der Waals surface area contributed by atoms with Gasteiger partial charge in [0.1, 0.15) is 5.82 Å². The first-order valence-electron chi connectivity index (χ1n) is 4.02. The maximum absolute atomic E-state index is 13.3. The summed E-state index contributed by atoms with van der Waals surface area (Å²) in [5, 5.41) is 10.8. The van der Waals surface area contributed by atoms with Crippen molar-refractivity contribution in [3.8, 4) is 0 Å². The highest BCUT2D eigenvalue weighted by Gasteiger charge is 2.01.